The van der Waals surface area contributed by atoms with Crippen molar-refractivity contribution in [2.24, 2.45) is 0 Å². The summed E-state index contributed by atoms with van der Waals surface area (Å²) in [5.74, 6) is 2.04. The van der Waals surface area contributed by atoms with Crippen molar-refractivity contribution in [3.63, 3.8) is 0 Å². The van der Waals surface area contributed by atoms with Crippen LogP contribution in [0.5, 0.6) is 17.4 Å². The minimum atomic E-state index is -0.328. The Morgan fingerprint density at radius 1 is 1.00 bits per heavy atom. The Morgan fingerprint density at radius 3 is 2.56 bits per heavy atom. The van der Waals surface area contributed by atoms with Crippen LogP contribution in [-0.4, -0.2) is 79.3 Å². The maximum Gasteiger partial charge on any atom is 0.256 e. The van der Waals surface area contributed by atoms with Gasteiger partial charge in [0.1, 0.15) is 23.8 Å². The predicted octanol–water partition coefficient (Wildman–Crippen LogP) is 3.44. The molecule has 0 bridgehead atoms. The molecule has 2 saturated heterocycles. The molecule has 0 spiro atoms. The smallest absolute Gasteiger partial charge is 0.256 e. The van der Waals surface area contributed by atoms with Gasteiger partial charge in [-0.2, -0.15) is 0 Å². The number of nitrogens with one attached hydrogen (secondary N) is 2. The second kappa shape index (κ2) is 12.1. The molecule has 9 heteroatoms. The van der Waals surface area contributed by atoms with Gasteiger partial charge in [0.15, 0.2) is 0 Å². The molecule has 39 heavy (non-hydrogen) atoms. The van der Waals surface area contributed by atoms with Gasteiger partial charge in [0, 0.05) is 45.3 Å². The van der Waals surface area contributed by atoms with Gasteiger partial charge in [-0.1, -0.05) is 30.3 Å². The van der Waals surface area contributed by atoms with E-state index in [1.807, 2.05) is 42.5 Å². The average molecular weight is 530 g/mol. The van der Waals surface area contributed by atoms with Gasteiger partial charge in [0.25, 0.3) is 5.91 Å². The Morgan fingerprint density at radius 2 is 1.79 bits per heavy atom. The van der Waals surface area contributed by atoms with Crippen molar-refractivity contribution in [2.45, 2.75) is 25.1 Å². The van der Waals surface area contributed by atoms with Gasteiger partial charge >= 0.3 is 0 Å². The Hall–Kier alpha value is -3.50. The SMILES string of the molecule is O=C(Nc1ccc(Oc2ccc3c(c2)CCC(c2ccccc2)O3)nc1)C(N1CCNCC1)N1CCOCC1. The third-order valence-corrected chi connectivity index (χ3v) is 7.50. The van der Waals surface area contributed by atoms with Crippen LogP contribution < -0.4 is 20.1 Å². The van der Waals surface area contributed by atoms with E-state index in [-0.39, 0.29) is 18.2 Å². The van der Waals surface area contributed by atoms with E-state index >= 15 is 0 Å². The molecule has 3 aromatic rings. The molecule has 9 nitrogen and oxygen atoms in total. The zero-order valence-electron chi connectivity index (χ0n) is 22.1. The van der Waals surface area contributed by atoms with Gasteiger partial charge < -0.3 is 24.8 Å². The molecule has 2 fully saturated rings. The van der Waals surface area contributed by atoms with Crippen molar-refractivity contribution in [3.05, 3.63) is 78.0 Å². The van der Waals surface area contributed by atoms with E-state index in [1.165, 1.54) is 5.56 Å². The molecule has 1 aromatic heterocycles. The number of pyridine rings is 1. The van der Waals surface area contributed by atoms with E-state index < -0.39 is 0 Å². The summed E-state index contributed by atoms with van der Waals surface area (Å²) < 4.78 is 17.8. The highest BCUT2D eigenvalue weighted by Gasteiger charge is 2.33. The fourth-order valence-corrected chi connectivity index (χ4v) is 5.48. The summed E-state index contributed by atoms with van der Waals surface area (Å²) in [4.78, 5) is 22.3. The molecular formula is C30H35N5O4. The lowest BCUT2D eigenvalue weighted by molar-refractivity contribution is -0.132. The van der Waals surface area contributed by atoms with Crippen molar-refractivity contribution >= 4 is 11.6 Å². The van der Waals surface area contributed by atoms with Crippen molar-refractivity contribution in [2.75, 3.05) is 57.8 Å². The first kappa shape index (κ1) is 25.8. The van der Waals surface area contributed by atoms with Crippen LogP contribution in [-0.2, 0) is 16.0 Å². The van der Waals surface area contributed by atoms with Crippen LogP contribution in [0.1, 0.15) is 23.7 Å². The Balaban J connectivity index is 1.08. The number of ether oxygens (including phenoxy) is 3. The van der Waals surface area contributed by atoms with Crippen LogP contribution in [0, 0.1) is 0 Å². The van der Waals surface area contributed by atoms with E-state index in [0.717, 1.165) is 63.4 Å². The second-order valence-electron chi connectivity index (χ2n) is 10.1. The van der Waals surface area contributed by atoms with Crippen molar-refractivity contribution in [1.29, 1.82) is 0 Å². The molecular weight excluding hydrogens is 494 g/mol. The number of hydrogen-bond donors (Lipinski definition) is 2. The minimum absolute atomic E-state index is 0.0437. The maximum absolute atomic E-state index is 13.4. The largest absolute Gasteiger partial charge is 0.485 e. The zero-order chi connectivity index (χ0) is 26.4. The number of morpholine rings is 1. The van der Waals surface area contributed by atoms with Gasteiger partial charge in [0.2, 0.25) is 5.88 Å². The van der Waals surface area contributed by atoms with Gasteiger partial charge in [-0.05, 0) is 48.2 Å². The first-order chi connectivity index (χ1) is 19.2. The zero-order valence-corrected chi connectivity index (χ0v) is 22.1. The first-order valence-corrected chi connectivity index (χ1v) is 13.8. The average Bonchev–Trinajstić information content (AvgIpc) is 2.99. The van der Waals surface area contributed by atoms with E-state index in [9.17, 15) is 4.79 Å². The fraction of sp³-hybridized carbons (Fsp3) is 0.400. The molecule has 3 aliphatic heterocycles. The number of nitrogens with zero attached hydrogens (tertiary/aromatic N) is 3. The number of piperazine rings is 1. The van der Waals surface area contributed by atoms with E-state index in [0.29, 0.717) is 30.5 Å². The lowest BCUT2D eigenvalue weighted by Gasteiger charge is -2.41. The molecule has 204 valence electrons. The van der Waals surface area contributed by atoms with Crippen molar-refractivity contribution in [3.8, 4) is 17.4 Å². The van der Waals surface area contributed by atoms with Crippen LogP contribution in [0.2, 0.25) is 0 Å². The molecule has 0 radical (unpaired) electrons. The quantitative estimate of drug-likeness (QED) is 0.481. The van der Waals surface area contributed by atoms with Crippen LogP contribution in [0.25, 0.3) is 0 Å². The molecule has 2 aromatic carbocycles. The molecule has 1 amide bonds. The third-order valence-electron chi connectivity index (χ3n) is 7.50. The summed E-state index contributed by atoms with van der Waals surface area (Å²) in [5.41, 5.74) is 2.97. The highest BCUT2D eigenvalue weighted by atomic mass is 16.5. The van der Waals surface area contributed by atoms with Crippen molar-refractivity contribution < 1.29 is 19.0 Å². The van der Waals surface area contributed by atoms with Crippen LogP contribution >= 0.6 is 0 Å². The number of hydrogen-bond acceptors (Lipinski definition) is 8. The minimum Gasteiger partial charge on any atom is -0.485 e. The monoisotopic (exact) mass is 529 g/mol. The Bertz CT molecular complexity index is 1230. The third kappa shape index (κ3) is 6.23. The van der Waals surface area contributed by atoms with Crippen LogP contribution in [0.4, 0.5) is 5.69 Å². The summed E-state index contributed by atoms with van der Waals surface area (Å²) in [7, 11) is 0. The number of rotatable bonds is 7. The lowest BCUT2D eigenvalue weighted by atomic mass is 9.97. The summed E-state index contributed by atoms with van der Waals surface area (Å²) in [6, 6.07) is 19.8. The second-order valence-corrected chi connectivity index (χ2v) is 10.1. The maximum atomic E-state index is 13.4. The summed E-state index contributed by atoms with van der Waals surface area (Å²) in [6.07, 6.45) is 3.23. The molecule has 2 unspecified atom stereocenters. The lowest BCUT2D eigenvalue weighted by Crippen LogP contribution is -2.61. The standard InChI is InChI=1S/C30H35N5O4/c36-29(30(34-14-12-31-13-15-34)35-16-18-37-19-17-35)33-24-7-11-28(32-21-24)38-25-8-10-27-23(20-25)6-9-26(39-27)22-4-2-1-3-5-22/h1-5,7-8,10-11,20-21,26,30-31H,6,9,12-19H2,(H,33,36). The van der Waals surface area contributed by atoms with Gasteiger partial charge in [-0.25, -0.2) is 4.98 Å². The number of amides is 1. The molecule has 0 aliphatic carbocycles. The highest BCUT2D eigenvalue weighted by molar-refractivity contribution is 5.94. The summed E-state index contributed by atoms with van der Waals surface area (Å²) >= 11 is 0. The molecule has 6 rings (SSSR count). The molecule has 0 saturated carbocycles. The number of benzene rings is 2. The van der Waals surface area contributed by atoms with E-state index in [2.05, 4.69) is 37.6 Å². The van der Waals surface area contributed by atoms with Gasteiger partial charge in [-0.15, -0.1) is 0 Å². The Kier molecular flexibility index (Phi) is 8.01. The van der Waals surface area contributed by atoms with Crippen LogP contribution in [0.15, 0.2) is 66.9 Å². The topological polar surface area (TPSA) is 88.2 Å². The fourth-order valence-electron chi connectivity index (χ4n) is 5.48. The molecule has 2 N–H and O–H groups in total. The van der Waals surface area contributed by atoms with Gasteiger partial charge in [-0.3, -0.25) is 14.6 Å². The molecule has 4 heterocycles. The van der Waals surface area contributed by atoms with Crippen molar-refractivity contribution in [1.82, 2.24) is 20.1 Å². The normalized spacial score (nSPS) is 20.9. The summed E-state index contributed by atoms with van der Waals surface area (Å²) in [6.45, 7) is 6.20. The number of aromatic nitrogens is 1. The first-order valence-electron chi connectivity index (χ1n) is 13.8. The predicted molar refractivity (Wildman–Crippen MR) is 148 cm³/mol. The number of anilines is 1. The van der Waals surface area contributed by atoms with Crippen LogP contribution in [0.3, 0.4) is 0 Å². The Labute approximate surface area is 229 Å². The number of fused-ring (bicyclic) bond motifs is 1. The molecule has 3 aliphatic rings. The van der Waals surface area contributed by atoms with E-state index in [1.54, 1.807) is 12.3 Å². The van der Waals surface area contributed by atoms with E-state index in [4.69, 9.17) is 14.2 Å². The summed E-state index contributed by atoms with van der Waals surface area (Å²) in [5, 5.41) is 6.43. The number of carbonyl (C=O) groups is 1. The number of carbonyl (C=O) groups excluding carboxylic acids is 1. The highest BCUT2D eigenvalue weighted by Crippen LogP contribution is 2.37. The molecule has 2 atom stereocenters. The van der Waals surface area contributed by atoms with Gasteiger partial charge in [0.05, 0.1) is 25.1 Å². The number of aryl methyl sites for hydroxylation is 1.